The Morgan fingerprint density at radius 2 is 2.25 bits per heavy atom. The van der Waals surface area contributed by atoms with Crippen LogP contribution in [0.15, 0.2) is 24.4 Å². The van der Waals surface area contributed by atoms with Gasteiger partial charge < -0.3 is 10.6 Å². The average Bonchev–Trinajstić information content (AvgIpc) is 2.81. The van der Waals surface area contributed by atoms with E-state index in [4.69, 9.17) is 0 Å². The Hall–Kier alpha value is -1.79. The molecule has 4 nitrogen and oxygen atoms in total. The molecule has 0 spiro atoms. The molecule has 0 aliphatic rings. The first-order chi connectivity index (χ1) is 9.58. The van der Waals surface area contributed by atoms with Crippen LogP contribution in [0.1, 0.15) is 16.0 Å². The van der Waals surface area contributed by atoms with E-state index in [-0.39, 0.29) is 18.3 Å². The fourth-order valence-electron chi connectivity index (χ4n) is 1.72. The van der Waals surface area contributed by atoms with Gasteiger partial charge in [-0.15, -0.1) is 11.3 Å². The molecule has 6 heteroatoms. The monoisotopic (exact) mass is 293 g/mol. The van der Waals surface area contributed by atoms with Crippen LogP contribution in [-0.4, -0.2) is 24.5 Å². The lowest BCUT2D eigenvalue weighted by Gasteiger charge is -2.01. The van der Waals surface area contributed by atoms with Crippen LogP contribution in [0.5, 0.6) is 0 Å². The summed E-state index contributed by atoms with van der Waals surface area (Å²) in [7, 11) is 1.71. The Morgan fingerprint density at radius 3 is 2.95 bits per heavy atom. The lowest BCUT2D eigenvalue weighted by atomic mass is 10.1. The van der Waals surface area contributed by atoms with E-state index in [0.29, 0.717) is 17.1 Å². The molecule has 1 amide bonds. The van der Waals surface area contributed by atoms with E-state index >= 15 is 0 Å². The van der Waals surface area contributed by atoms with Crippen LogP contribution in [0.4, 0.5) is 9.52 Å². The summed E-state index contributed by atoms with van der Waals surface area (Å²) < 4.78 is 13.5. The summed E-state index contributed by atoms with van der Waals surface area (Å²) in [5, 5.41) is 6.03. The van der Waals surface area contributed by atoms with Crippen molar-refractivity contribution in [3.05, 3.63) is 46.2 Å². The molecular weight excluding hydrogens is 277 g/mol. The summed E-state index contributed by atoms with van der Waals surface area (Å²) in [6.45, 7) is 1.99. The second kappa shape index (κ2) is 6.58. The second-order valence-corrected chi connectivity index (χ2v) is 5.59. The van der Waals surface area contributed by atoms with Crippen LogP contribution in [0, 0.1) is 12.7 Å². The summed E-state index contributed by atoms with van der Waals surface area (Å²) >= 11 is 1.40. The lowest BCUT2D eigenvalue weighted by molar-refractivity contribution is -0.115. The third-order valence-electron chi connectivity index (χ3n) is 2.75. The minimum Gasteiger partial charge on any atom is -0.311 e. The van der Waals surface area contributed by atoms with Gasteiger partial charge in [-0.3, -0.25) is 4.79 Å². The van der Waals surface area contributed by atoms with Gasteiger partial charge in [0.1, 0.15) is 5.82 Å². The fourth-order valence-corrected chi connectivity index (χ4v) is 2.58. The molecule has 0 radical (unpaired) electrons. The number of rotatable bonds is 5. The van der Waals surface area contributed by atoms with Crippen molar-refractivity contribution in [2.75, 3.05) is 18.9 Å². The first-order valence-corrected chi connectivity index (χ1v) is 7.04. The minimum atomic E-state index is -0.199. The zero-order valence-electron chi connectivity index (χ0n) is 11.4. The largest absolute Gasteiger partial charge is 0.311 e. The van der Waals surface area contributed by atoms with Crippen molar-refractivity contribution in [3.63, 3.8) is 0 Å². The summed E-state index contributed by atoms with van der Waals surface area (Å²) in [5.41, 5.74) is 1.53. The van der Waals surface area contributed by atoms with Crippen molar-refractivity contribution >= 4 is 22.4 Å². The van der Waals surface area contributed by atoms with Crippen LogP contribution in [0.2, 0.25) is 0 Å². The standard InChI is InChI=1S/C14H16FN3OS/c1-9-3-4-10(6-12(9)15)5-11-7-17-14(20-11)18-13(19)8-16-2/h3-4,6-7,16H,5,8H2,1-2H3,(H,17,18,19). The molecule has 1 aromatic carbocycles. The number of likely N-dealkylation sites (N-methyl/N-ethyl adjacent to an activating group) is 1. The number of carbonyl (C=O) groups excluding carboxylic acids is 1. The summed E-state index contributed by atoms with van der Waals surface area (Å²) in [4.78, 5) is 16.5. The molecule has 1 aromatic heterocycles. The molecule has 106 valence electrons. The molecule has 0 bridgehead atoms. The van der Waals surface area contributed by atoms with Gasteiger partial charge in [-0.05, 0) is 31.2 Å². The summed E-state index contributed by atoms with van der Waals surface area (Å²) in [5.74, 6) is -0.329. The van der Waals surface area contributed by atoms with Crippen LogP contribution in [-0.2, 0) is 11.2 Å². The number of halogens is 1. The molecule has 0 unspecified atom stereocenters. The van der Waals surface area contributed by atoms with E-state index in [1.807, 2.05) is 6.07 Å². The topological polar surface area (TPSA) is 54.0 Å². The number of nitrogens with one attached hydrogen (secondary N) is 2. The molecule has 2 rings (SSSR count). The molecule has 0 aliphatic heterocycles. The number of carbonyl (C=O) groups is 1. The Labute approximate surface area is 121 Å². The van der Waals surface area contributed by atoms with Gasteiger partial charge >= 0.3 is 0 Å². The first-order valence-electron chi connectivity index (χ1n) is 6.22. The average molecular weight is 293 g/mol. The zero-order chi connectivity index (χ0) is 14.5. The summed E-state index contributed by atoms with van der Waals surface area (Å²) in [6.07, 6.45) is 2.31. The minimum absolute atomic E-state index is 0.130. The van der Waals surface area contributed by atoms with E-state index < -0.39 is 0 Å². The van der Waals surface area contributed by atoms with E-state index in [1.165, 1.54) is 17.4 Å². The maximum atomic E-state index is 13.5. The second-order valence-electron chi connectivity index (χ2n) is 4.47. The van der Waals surface area contributed by atoms with Gasteiger partial charge in [-0.2, -0.15) is 0 Å². The van der Waals surface area contributed by atoms with Crippen molar-refractivity contribution in [1.82, 2.24) is 10.3 Å². The fraction of sp³-hybridized carbons (Fsp3) is 0.286. The molecule has 0 saturated heterocycles. The maximum absolute atomic E-state index is 13.5. The normalized spacial score (nSPS) is 10.6. The quantitative estimate of drug-likeness (QED) is 0.889. The summed E-state index contributed by atoms with van der Waals surface area (Å²) in [6, 6.07) is 5.20. The highest BCUT2D eigenvalue weighted by Crippen LogP contribution is 2.22. The Morgan fingerprint density at radius 1 is 1.45 bits per heavy atom. The molecule has 2 N–H and O–H groups in total. The van der Waals surface area contributed by atoms with Gasteiger partial charge in [-0.1, -0.05) is 12.1 Å². The van der Waals surface area contributed by atoms with Crippen LogP contribution in [0.25, 0.3) is 0 Å². The number of amides is 1. The van der Waals surface area contributed by atoms with Gasteiger partial charge in [0.2, 0.25) is 5.91 Å². The molecule has 0 atom stereocenters. The van der Waals surface area contributed by atoms with Crippen LogP contribution < -0.4 is 10.6 Å². The number of nitrogens with zero attached hydrogens (tertiary/aromatic N) is 1. The molecule has 20 heavy (non-hydrogen) atoms. The molecule has 1 heterocycles. The van der Waals surface area contributed by atoms with E-state index in [0.717, 1.165) is 10.4 Å². The third-order valence-corrected chi connectivity index (χ3v) is 3.66. The number of aromatic nitrogens is 1. The van der Waals surface area contributed by atoms with Crippen molar-refractivity contribution in [1.29, 1.82) is 0 Å². The molecule has 0 saturated carbocycles. The molecule has 0 aliphatic carbocycles. The maximum Gasteiger partial charge on any atom is 0.240 e. The number of benzene rings is 1. The predicted molar refractivity (Wildman–Crippen MR) is 78.6 cm³/mol. The van der Waals surface area contributed by atoms with Crippen molar-refractivity contribution in [2.45, 2.75) is 13.3 Å². The van der Waals surface area contributed by atoms with Gasteiger partial charge in [0, 0.05) is 17.5 Å². The zero-order valence-corrected chi connectivity index (χ0v) is 12.2. The van der Waals surface area contributed by atoms with Crippen LogP contribution in [0.3, 0.4) is 0 Å². The molecule has 0 fully saturated rings. The number of anilines is 1. The highest BCUT2D eigenvalue weighted by molar-refractivity contribution is 7.15. The highest BCUT2D eigenvalue weighted by atomic mass is 32.1. The van der Waals surface area contributed by atoms with Crippen LogP contribution >= 0.6 is 11.3 Å². The van der Waals surface area contributed by atoms with E-state index in [9.17, 15) is 9.18 Å². The van der Waals surface area contributed by atoms with Gasteiger partial charge in [-0.25, -0.2) is 9.37 Å². The van der Waals surface area contributed by atoms with Crippen molar-refractivity contribution in [3.8, 4) is 0 Å². The Kier molecular flexibility index (Phi) is 4.81. The number of thiazole rings is 1. The third kappa shape index (κ3) is 3.85. The van der Waals surface area contributed by atoms with Crippen molar-refractivity contribution in [2.24, 2.45) is 0 Å². The predicted octanol–water partition coefficient (Wildman–Crippen LogP) is 2.34. The van der Waals surface area contributed by atoms with E-state index in [1.54, 1.807) is 26.2 Å². The van der Waals surface area contributed by atoms with Gasteiger partial charge in [0.25, 0.3) is 0 Å². The lowest BCUT2D eigenvalue weighted by Crippen LogP contribution is -2.24. The number of hydrogen-bond donors (Lipinski definition) is 2. The number of aryl methyl sites for hydroxylation is 1. The van der Waals surface area contributed by atoms with Gasteiger partial charge in [0.15, 0.2) is 5.13 Å². The Bertz CT molecular complexity index is 612. The SMILES string of the molecule is CNCC(=O)Nc1ncc(Cc2ccc(C)c(F)c2)s1. The molecular formula is C14H16FN3OS. The van der Waals surface area contributed by atoms with Crippen molar-refractivity contribution < 1.29 is 9.18 Å². The highest BCUT2D eigenvalue weighted by Gasteiger charge is 2.07. The smallest absolute Gasteiger partial charge is 0.240 e. The number of hydrogen-bond acceptors (Lipinski definition) is 4. The first kappa shape index (κ1) is 14.6. The van der Waals surface area contributed by atoms with Gasteiger partial charge in [0.05, 0.1) is 6.54 Å². The van der Waals surface area contributed by atoms with E-state index in [2.05, 4.69) is 15.6 Å². The molecule has 2 aromatic rings. The Balaban J connectivity index is 2.02.